The molecule has 7 heteroatoms. The summed E-state index contributed by atoms with van der Waals surface area (Å²) in [6, 6.07) is 9.04. The molecule has 0 spiro atoms. The maximum Gasteiger partial charge on any atom is 0.354 e. The molecule has 94 valence electrons. The molecular weight excluding hydrogens is 270 g/mol. The van der Waals surface area contributed by atoms with Crippen molar-refractivity contribution in [3.05, 3.63) is 40.8 Å². The van der Waals surface area contributed by atoms with Gasteiger partial charge in [-0.15, -0.1) is 9.78 Å². The van der Waals surface area contributed by atoms with Gasteiger partial charge in [-0.1, -0.05) is 30.0 Å². The summed E-state index contributed by atoms with van der Waals surface area (Å²) in [5.41, 5.74) is -0.319. The first-order chi connectivity index (χ1) is 8.63. The molecule has 0 atom stereocenters. The Kier molecular flexibility index (Phi) is 3.83. The Labute approximate surface area is 113 Å². The number of hydrogen-bond donors (Lipinski definition) is 0. The van der Waals surface area contributed by atoms with E-state index in [1.165, 1.54) is 16.3 Å². The van der Waals surface area contributed by atoms with Crippen molar-refractivity contribution in [2.75, 3.05) is 6.26 Å². The quantitative estimate of drug-likeness (QED) is 0.617. The normalized spacial score (nSPS) is 10.3. The molecule has 0 bridgehead atoms. The minimum Gasteiger partial charge on any atom is -0.430 e. The van der Waals surface area contributed by atoms with Crippen LogP contribution in [-0.4, -0.2) is 25.8 Å². The molecule has 2 rings (SSSR count). The van der Waals surface area contributed by atoms with Gasteiger partial charge >= 0.3 is 5.69 Å². The van der Waals surface area contributed by atoms with Crippen molar-refractivity contribution < 1.29 is 4.74 Å². The third kappa shape index (κ3) is 2.46. The van der Waals surface area contributed by atoms with Crippen LogP contribution in [0.1, 0.15) is 0 Å². The third-order valence-corrected chi connectivity index (χ3v) is 3.22. The zero-order valence-corrected chi connectivity index (χ0v) is 11.5. The van der Waals surface area contributed by atoms with Crippen molar-refractivity contribution in [3.8, 4) is 5.75 Å². The van der Waals surface area contributed by atoms with Gasteiger partial charge in [-0.2, -0.15) is 0 Å². The van der Waals surface area contributed by atoms with Crippen molar-refractivity contribution in [3.63, 3.8) is 0 Å². The maximum absolute atomic E-state index is 11.9. The SMILES string of the molecule is CSc1nn(C(=S)Oc2ccccc2)c(=O)n1C. The third-order valence-electron chi connectivity index (χ3n) is 2.24. The second-order valence-electron chi connectivity index (χ2n) is 3.42. The standard InChI is InChI=1S/C11H11N3O2S2/c1-13-9(18-2)12-14(10(13)15)11(17)16-8-6-4-3-5-7-8/h3-7H,1-2H3. The fourth-order valence-electron chi connectivity index (χ4n) is 1.35. The lowest BCUT2D eigenvalue weighted by Crippen LogP contribution is -2.31. The van der Waals surface area contributed by atoms with Gasteiger partial charge in [0.25, 0.3) is 5.17 Å². The van der Waals surface area contributed by atoms with Crippen LogP contribution in [0.25, 0.3) is 0 Å². The van der Waals surface area contributed by atoms with E-state index in [9.17, 15) is 4.79 Å². The first-order valence-corrected chi connectivity index (χ1v) is 6.74. The summed E-state index contributed by atoms with van der Waals surface area (Å²) < 4.78 is 7.90. The van der Waals surface area contributed by atoms with E-state index in [2.05, 4.69) is 5.10 Å². The molecule has 0 N–H and O–H groups in total. The van der Waals surface area contributed by atoms with Crippen LogP contribution in [0.3, 0.4) is 0 Å². The topological polar surface area (TPSA) is 49.1 Å². The van der Waals surface area contributed by atoms with Gasteiger partial charge in [0.2, 0.25) is 0 Å². The Morgan fingerprint density at radius 1 is 1.39 bits per heavy atom. The van der Waals surface area contributed by atoms with Crippen LogP contribution in [0.15, 0.2) is 40.3 Å². The highest BCUT2D eigenvalue weighted by Crippen LogP contribution is 2.10. The molecule has 0 saturated carbocycles. The van der Waals surface area contributed by atoms with Crippen LogP contribution in [0.2, 0.25) is 0 Å². The average molecular weight is 281 g/mol. The zero-order valence-electron chi connectivity index (χ0n) is 9.86. The van der Waals surface area contributed by atoms with E-state index in [0.717, 1.165) is 4.68 Å². The van der Waals surface area contributed by atoms with Gasteiger partial charge in [-0.3, -0.25) is 4.57 Å². The minimum atomic E-state index is -0.319. The van der Waals surface area contributed by atoms with Crippen LogP contribution in [0.5, 0.6) is 5.75 Å². The Morgan fingerprint density at radius 2 is 2.06 bits per heavy atom. The van der Waals surface area contributed by atoms with E-state index >= 15 is 0 Å². The summed E-state index contributed by atoms with van der Waals surface area (Å²) in [7, 11) is 1.64. The molecule has 0 aliphatic rings. The van der Waals surface area contributed by atoms with Gasteiger partial charge in [-0.25, -0.2) is 4.79 Å². The van der Waals surface area contributed by atoms with Crippen LogP contribution in [0.4, 0.5) is 0 Å². The fraction of sp³-hybridized carbons (Fsp3) is 0.182. The molecule has 0 fully saturated rings. The Morgan fingerprint density at radius 3 is 2.61 bits per heavy atom. The van der Waals surface area contributed by atoms with Crippen LogP contribution in [0, 0.1) is 0 Å². The molecular formula is C11H11N3O2S2. The number of thiocarbonyl (C=S) groups is 1. The Hall–Kier alpha value is -1.60. The summed E-state index contributed by atoms with van der Waals surface area (Å²) in [5, 5.41) is 4.69. The smallest absolute Gasteiger partial charge is 0.354 e. The van der Waals surface area contributed by atoms with Gasteiger partial charge in [0.1, 0.15) is 5.75 Å². The van der Waals surface area contributed by atoms with E-state index in [1.807, 2.05) is 24.5 Å². The highest BCUT2D eigenvalue weighted by atomic mass is 32.2. The number of rotatable bonds is 2. The van der Waals surface area contributed by atoms with Crippen LogP contribution >= 0.6 is 24.0 Å². The lowest BCUT2D eigenvalue weighted by molar-refractivity contribution is 0.523. The molecule has 2 aromatic rings. The van der Waals surface area contributed by atoms with E-state index in [0.29, 0.717) is 10.9 Å². The Bertz CT molecular complexity index is 619. The summed E-state index contributed by atoms with van der Waals surface area (Å²) in [4.78, 5) is 11.9. The summed E-state index contributed by atoms with van der Waals surface area (Å²) in [6.45, 7) is 0. The van der Waals surface area contributed by atoms with Gasteiger partial charge in [0, 0.05) is 7.05 Å². The number of aromatic nitrogens is 3. The van der Waals surface area contributed by atoms with Crippen LogP contribution in [-0.2, 0) is 7.05 Å². The molecule has 1 aromatic carbocycles. The van der Waals surface area contributed by atoms with Crippen molar-refractivity contribution >= 4 is 29.2 Å². The van der Waals surface area contributed by atoms with Crippen molar-refractivity contribution in [2.24, 2.45) is 7.05 Å². The molecule has 1 aromatic heterocycles. The van der Waals surface area contributed by atoms with Gasteiger partial charge in [-0.05, 0) is 30.6 Å². The first-order valence-electron chi connectivity index (χ1n) is 5.10. The zero-order chi connectivity index (χ0) is 13.1. The van der Waals surface area contributed by atoms with Gasteiger partial charge < -0.3 is 4.74 Å². The van der Waals surface area contributed by atoms with Crippen molar-refractivity contribution in [2.45, 2.75) is 5.16 Å². The predicted molar refractivity (Wildman–Crippen MR) is 74.3 cm³/mol. The summed E-state index contributed by atoms with van der Waals surface area (Å²) in [6.07, 6.45) is 1.84. The first kappa shape index (κ1) is 12.8. The van der Waals surface area contributed by atoms with Gasteiger partial charge in [0.15, 0.2) is 5.16 Å². The number of thioether (sulfide) groups is 1. The summed E-state index contributed by atoms with van der Waals surface area (Å²) in [5.74, 6) is 0.575. The van der Waals surface area contributed by atoms with Gasteiger partial charge in [0.05, 0.1) is 0 Å². The number of benzene rings is 1. The fourth-order valence-corrected chi connectivity index (χ4v) is 2.08. The molecule has 0 aliphatic carbocycles. The number of nitrogens with zero attached hydrogens (tertiary/aromatic N) is 3. The molecule has 0 saturated heterocycles. The van der Waals surface area contributed by atoms with E-state index < -0.39 is 0 Å². The highest BCUT2D eigenvalue weighted by molar-refractivity contribution is 7.98. The number of ether oxygens (including phenoxy) is 1. The Balaban J connectivity index is 2.27. The van der Waals surface area contributed by atoms with Crippen molar-refractivity contribution in [1.29, 1.82) is 0 Å². The maximum atomic E-state index is 11.9. The van der Waals surface area contributed by atoms with Crippen LogP contribution < -0.4 is 10.4 Å². The average Bonchev–Trinajstić information content (AvgIpc) is 2.67. The van der Waals surface area contributed by atoms with E-state index in [-0.39, 0.29) is 10.9 Å². The lowest BCUT2D eigenvalue weighted by Gasteiger charge is -2.04. The number of hydrogen-bond acceptors (Lipinski definition) is 5. The second kappa shape index (κ2) is 5.36. The highest BCUT2D eigenvalue weighted by Gasteiger charge is 2.14. The summed E-state index contributed by atoms with van der Waals surface area (Å²) >= 11 is 6.44. The molecule has 0 aliphatic heterocycles. The molecule has 0 amide bonds. The monoisotopic (exact) mass is 281 g/mol. The molecule has 1 heterocycles. The number of para-hydroxylation sites is 1. The molecule has 5 nitrogen and oxygen atoms in total. The minimum absolute atomic E-state index is 0.0158. The van der Waals surface area contributed by atoms with Crippen molar-refractivity contribution in [1.82, 2.24) is 14.3 Å². The molecule has 18 heavy (non-hydrogen) atoms. The second-order valence-corrected chi connectivity index (χ2v) is 4.54. The molecule has 0 radical (unpaired) electrons. The molecule has 0 unspecified atom stereocenters. The predicted octanol–water partition coefficient (Wildman–Crippen LogP) is 1.52. The van der Waals surface area contributed by atoms with E-state index in [4.69, 9.17) is 17.0 Å². The lowest BCUT2D eigenvalue weighted by atomic mass is 10.3. The van der Waals surface area contributed by atoms with E-state index in [1.54, 1.807) is 19.2 Å². The largest absolute Gasteiger partial charge is 0.430 e.